The average Bonchev–Trinajstić information content (AvgIpc) is 2.40. The van der Waals surface area contributed by atoms with Gasteiger partial charge in [0, 0.05) is 9.79 Å². The lowest BCUT2D eigenvalue weighted by atomic mass is 10.2. The Hall–Kier alpha value is -1.25. The maximum Gasteiger partial charge on any atom is 0.0166 e. The topological polar surface area (TPSA) is 20.2 Å². The van der Waals surface area contributed by atoms with Crippen molar-refractivity contribution >= 4 is 10.3 Å². The lowest BCUT2D eigenvalue weighted by Crippen LogP contribution is -1.98. The molecule has 0 radical (unpaired) electrons. The quantitative estimate of drug-likeness (QED) is 0.840. The van der Waals surface area contributed by atoms with Gasteiger partial charge >= 0.3 is 0 Å². The van der Waals surface area contributed by atoms with Crippen molar-refractivity contribution in [1.29, 1.82) is 0 Å². The molecule has 1 unspecified atom stereocenters. The fourth-order valence-electron chi connectivity index (χ4n) is 1.81. The molecule has 0 amide bonds. The van der Waals surface area contributed by atoms with Gasteiger partial charge in [-0.15, -0.1) is 0 Å². The third-order valence-corrected chi connectivity index (χ3v) is 5.37. The van der Waals surface area contributed by atoms with Crippen LogP contribution in [0.15, 0.2) is 64.4 Å². The van der Waals surface area contributed by atoms with Crippen LogP contribution in [0, 0.1) is 0 Å². The van der Waals surface area contributed by atoms with Gasteiger partial charge in [-0.25, -0.2) is 0 Å². The second-order valence-corrected chi connectivity index (χ2v) is 6.88. The lowest BCUT2D eigenvalue weighted by molar-refractivity contribution is 0.630. The fourth-order valence-corrected chi connectivity index (χ4v) is 3.44. The molecular weight excluding hydrogens is 228 g/mol. The van der Waals surface area contributed by atoms with Crippen molar-refractivity contribution in [2.45, 2.75) is 23.1 Å². The van der Waals surface area contributed by atoms with Gasteiger partial charge in [-0.3, -0.25) is 0 Å². The van der Waals surface area contributed by atoms with Crippen molar-refractivity contribution in [3.8, 4) is 0 Å². The summed E-state index contributed by atoms with van der Waals surface area (Å²) in [6.45, 7) is 2.14. The summed E-state index contributed by atoms with van der Waals surface area (Å²) in [6.07, 6.45) is 2.95. The second kappa shape index (κ2) is 4.94. The summed E-state index contributed by atoms with van der Waals surface area (Å²) < 4.78 is 10.7. The Morgan fingerprint density at radius 3 is 1.94 bits per heavy atom. The number of rotatable bonds is 3. The smallest absolute Gasteiger partial charge is 0.0166 e. The van der Waals surface area contributed by atoms with Crippen LogP contribution in [0.1, 0.15) is 12.5 Å². The van der Waals surface area contributed by atoms with E-state index in [1.165, 1.54) is 5.56 Å². The van der Waals surface area contributed by atoms with E-state index in [0.717, 1.165) is 16.2 Å². The van der Waals surface area contributed by atoms with Crippen LogP contribution in [0.5, 0.6) is 0 Å². The molecule has 0 saturated heterocycles. The van der Waals surface area contributed by atoms with Crippen molar-refractivity contribution in [3.05, 3.63) is 60.2 Å². The molecule has 1 atom stereocenters. The molecule has 0 aromatic heterocycles. The van der Waals surface area contributed by atoms with Gasteiger partial charge in [0.05, 0.1) is 0 Å². The van der Waals surface area contributed by atoms with Gasteiger partial charge in [0.15, 0.2) is 0 Å². The predicted molar refractivity (Wildman–Crippen MR) is 74.9 cm³/mol. The van der Waals surface area contributed by atoms with Crippen LogP contribution in [0.3, 0.4) is 0 Å². The molecule has 1 nitrogen and oxygen atoms in total. The van der Waals surface area contributed by atoms with E-state index in [9.17, 15) is 4.55 Å². The van der Waals surface area contributed by atoms with E-state index in [0.29, 0.717) is 0 Å². The van der Waals surface area contributed by atoms with Crippen molar-refractivity contribution < 1.29 is 4.55 Å². The molecule has 0 aliphatic heterocycles. The first kappa shape index (κ1) is 12.2. The molecule has 2 rings (SSSR count). The number of hydrogen-bond acceptors (Lipinski definition) is 1. The molecule has 17 heavy (non-hydrogen) atoms. The monoisotopic (exact) mass is 246 g/mol. The van der Waals surface area contributed by atoms with E-state index >= 15 is 0 Å². The number of benzene rings is 2. The zero-order valence-electron chi connectivity index (χ0n) is 10.3. The van der Waals surface area contributed by atoms with E-state index < -0.39 is 10.3 Å². The van der Waals surface area contributed by atoms with Gasteiger partial charge in [0.25, 0.3) is 0 Å². The fraction of sp³-hybridized carbons (Fsp3) is 0.200. The molecule has 2 heteroatoms. The SMILES string of the molecule is CCc1ccc(S(C)(O)c2ccccc2)cc1. The van der Waals surface area contributed by atoms with Crippen LogP contribution < -0.4 is 0 Å². The van der Waals surface area contributed by atoms with Crippen LogP contribution in [-0.2, 0) is 6.42 Å². The summed E-state index contributed by atoms with van der Waals surface area (Å²) in [5.74, 6) is 0. The number of aryl methyl sites for hydroxylation is 1. The van der Waals surface area contributed by atoms with E-state index in [1.807, 2.05) is 48.7 Å². The van der Waals surface area contributed by atoms with E-state index in [-0.39, 0.29) is 0 Å². The van der Waals surface area contributed by atoms with Gasteiger partial charge in [-0.1, -0.05) is 47.6 Å². The van der Waals surface area contributed by atoms with Crippen LogP contribution >= 0.6 is 10.3 Å². The Balaban J connectivity index is 2.37. The third kappa shape index (κ3) is 2.54. The standard InChI is InChI=1S/C15H18OS/c1-3-13-9-11-15(12-10-13)17(2,16)14-7-5-4-6-8-14/h4-12,16H,3H2,1-2H3. The van der Waals surface area contributed by atoms with Crippen molar-refractivity contribution in [1.82, 2.24) is 0 Å². The minimum atomic E-state index is -1.86. The lowest BCUT2D eigenvalue weighted by Gasteiger charge is -2.30. The summed E-state index contributed by atoms with van der Waals surface area (Å²) in [6, 6.07) is 18.2. The first-order valence-electron chi connectivity index (χ1n) is 5.79. The highest BCUT2D eigenvalue weighted by molar-refractivity contribution is 8.28. The highest BCUT2D eigenvalue weighted by Gasteiger charge is 2.19. The largest absolute Gasteiger partial charge is 0.343 e. The third-order valence-electron chi connectivity index (χ3n) is 2.99. The Labute approximate surface area is 105 Å². The van der Waals surface area contributed by atoms with Crippen LogP contribution in [0.4, 0.5) is 0 Å². The molecule has 0 bridgehead atoms. The molecule has 1 N–H and O–H groups in total. The molecule has 0 heterocycles. The Morgan fingerprint density at radius 2 is 1.41 bits per heavy atom. The van der Waals surface area contributed by atoms with Gasteiger partial charge in [-0.2, -0.15) is 0 Å². The van der Waals surface area contributed by atoms with Crippen LogP contribution in [-0.4, -0.2) is 10.8 Å². The summed E-state index contributed by atoms with van der Waals surface area (Å²) in [5.41, 5.74) is 1.30. The molecule has 2 aromatic carbocycles. The highest BCUT2D eigenvalue weighted by atomic mass is 32.3. The maximum absolute atomic E-state index is 10.7. The zero-order valence-corrected chi connectivity index (χ0v) is 11.1. The summed E-state index contributed by atoms with van der Waals surface area (Å²) in [5, 5.41) is 0. The zero-order chi connectivity index (χ0) is 12.3. The normalized spacial score (nSPS) is 16.2. The molecule has 0 aliphatic carbocycles. The molecular formula is C15H18OS. The van der Waals surface area contributed by atoms with Gasteiger partial charge in [-0.05, 0) is 42.5 Å². The second-order valence-electron chi connectivity index (χ2n) is 4.19. The summed E-state index contributed by atoms with van der Waals surface area (Å²) in [7, 11) is -1.86. The molecule has 0 saturated carbocycles. The molecule has 0 spiro atoms. The van der Waals surface area contributed by atoms with E-state index in [1.54, 1.807) is 0 Å². The Kier molecular flexibility index (Phi) is 3.55. The van der Waals surface area contributed by atoms with E-state index in [2.05, 4.69) is 19.1 Å². The maximum atomic E-state index is 10.7. The van der Waals surface area contributed by atoms with Crippen molar-refractivity contribution in [2.75, 3.05) is 6.26 Å². The van der Waals surface area contributed by atoms with Gasteiger partial charge in [0.1, 0.15) is 0 Å². The first-order valence-corrected chi connectivity index (χ1v) is 7.79. The predicted octanol–water partition coefficient (Wildman–Crippen LogP) is 4.57. The average molecular weight is 246 g/mol. The van der Waals surface area contributed by atoms with E-state index in [4.69, 9.17) is 0 Å². The van der Waals surface area contributed by atoms with Crippen LogP contribution in [0.25, 0.3) is 0 Å². The van der Waals surface area contributed by atoms with Gasteiger partial charge in [0.2, 0.25) is 0 Å². The molecule has 0 fully saturated rings. The number of hydrogen-bond donors (Lipinski definition) is 1. The van der Waals surface area contributed by atoms with Crippen molar-refractivity contribution in [3.63, 3.8) is 0 Å². The first-order chi connectivity index (χ1) is 8.14. The molecule has 2 aromatic rings. The summed E-state index contributed by atoms with van der Waals surface area (Å²) >= 11 is 0. The van der Waals surface area contributed by atoms with Crippen LogP contribution in [0.2, 0.25) is 0 Å². The molecule has 90 valence electrons. The minimum absolute atomic E-state index is 1.00. The Morgan fingerprint density at radius 1 is 0.882 bits per heavy atom. The Bertz CT molecular complexity index is 474. The highest BCUT2D eigenvalue weighted by Crippen LogP contribution is 2.55. The van der Waals surface area contributed by atoms with Crippen molar-refractivity contribution in [2.24, 2.45) is 0 Å². The van der Waals surface area contributed by atoms with Gasteiger partial charge < -0.3 is 4.55 Å². The molecule has 0 aliphatic rings. The summed E-state index contributed by atoms with van der Waals surface area (Å²) in [4.78, 5) is 2.02. The minimum Gasteiger partial charge on any atom is -0.343 e.